The molecular formula is C36H23N3. The van der Waals surface area contributed by atoms with Gasteiger partial charge in [-0.15, -0.1) is 0 Å². The lowest BCUT2D eigenvalue weighted by Crippen LogP contribution is -2.09. The van der Waals surface area contributed by atoms with Crippen LogP contribution in [0.5, 0.6) is 0 Å². The smallest absolute Gasteiger partial charge is 0.202 e. The number of hydrogen-bond donors (Lipinski definition) is 0. The zero-order valence-electron chi connectivity index (χ0n) is 21.1. The van der Waals surface area contributed by atoms with Gasteiger partial charge in [0.1, 0.15) is 6.07 Å². The molecule has 0 aliphatic carbocycles. The standard InChI is InChI=1S/C36H23N3/c1-38-36-33-15-9-8-14-31(33)35(25-37)32-23-20-27(24-34(32)36)17-16-26-18-21-30(22-19-26)39(28-10-4-2-5-11-28)29-12-6-3-7-13-29/h2-24H. The predicted octanol–water partition coefficient (Wildman–Crippen LogP) is 10.1. The van der Waals surface area contributed by atoms with Crippen LogP contribution in [-0.2, 0) is 0 Å². The molecule has 0 spiro atoms. The summed E-state index contributed by atoms with van der Waals surface area (Å²) in [5.41, 5.74) is 6.52. The molecule has 0 saturated heterocycles. The molecule has 0 fully saturated rings. The Balaban J connectivity index is 1.35. The van der Waals surface area contributed by atoms with Gasteiger partial charge in [0.15, 0.2) is 0 Å². The highest BCUT2D eigenvalue weighted by Gasteiger charge is 2.14. The molecule has 0 aliphatic rings. The Morgan fingerprint density at radius 3 is 1.69 bits per heavy atom. The van der Waals surface area contributed by atoms with Gasteiger partial charge in [0, 0.05) is 17.1 Å². The van der Waals surface area contributed by atoms with Crippen molar-refractivity contribution in [2.45, 2.75) is 0 Å². The van der Waals surface area contributed by atoms with E-state index in [-0.39, 0.29) is 0 Å². The number of fused-ring (bicyclic) bond motifs is 2. The first-order chi connectivity index (χ1) is 19.3. The van der Waals surface area contributed by atoms with Crippen LogP contribution in [0.3, 0.4) is 0 Å². The number of rotatable bonds is 5. The van der Waals surface area contributed by atoms with Crippen molar-refractivity contribution in [3.8, 4) is 6.07 Å². The quantitative estimate of drug-likeness (QED) is 0.135. The van der Waals surface area contributed by atoms with E-state index >= 15 is 0 Å². The highest BCUT2D eigenvalue weighted by molar-refractivity contribution is 6.15. The highest BCUT2D eigenvalue weighted by Crippen LogP contribution is 2.39. The Labute approximate surface area is 227 Å². The van der Waals surface area contributed by atoms with Crippen LogP contribution in [0, 0.1) is 17.9 Å². The minimum Gasteiger partial charge on any atom is -0.311 e. The minimum atomic E-state index is 0.584. The van der Waals surface area contributed by atoms with Crippen LogP contribution >= 0.6 is 0 Å². The topological polar surface area (TPSA) is 31.4 Å². The second kappa shape index (κ2) is 10.4. The molecule has 0 aromatic heterocycles. The Bertz CT molecular complexity index is 1870. The molecule has 6 aromatic rings. The highest BCUT2D eigenvalue weighted by atomic mass is 15.1. The van der Waals surface area contributed by atoms with Crippen molar-refractivity contribution in [1.82, 2.24) is 0 Å². The van der Waals surface area contributed by atoms with Crippen LogP contribution in [-0.4, -0.2) is 0 Å². The van der Waals surface area contributed by atoms with Crippen molar-refractivity contribution in [3.63, 3.8) is 0 Å². The van der Waals surface area contributed by atoms with Gasteiger partial charge in [0.05, 0.1) is 12.1 Å². The molecule has 39 heavy (non-hydrogen) atoms. The summed E-state index contributed by atoms with van der Waals surface area (Å²) >= 11 is 0. The van der Waals surface area contributed by atoms with Crippen molar-refractivity contribution in [2.24, 2.45) is 0 Å². The number of para-hydroxylation sites is 2. The van der Waals surface area contributed by atoms with E-state index in [0.29, 0.717) is 11.3 Å². The fourth-order valence-electron chi connectivity index (χ4n) is 5.05. The third kappa shape index (κ3) is 4.51. The largest absolute Gasteiger partial charge is 0.311 e. The van der Waals surface area contributed by atoms with Crippen LogP contribution in [0.15, 0.2) is 127 Å². The number of nitriles is 1. The summed E-state index contributed by atoms with van der Waals surface area (Å²) in [4.78, 5) is 6.09. The average molecular weight is 498 g/mol. The van der Waals surface area contributed by atoms with Crippen LogP contribution < -0.4 is 4.90 Å². The van der Waals surface area contributed by atoms with Gasteiger partial charge in [-0.25, -0.2) is 4.85 Å². The van der Waals surface area contributed by atoms with E-state index in [0.717, 1.165) is 49.7 Å². The van der Waals surface area contributed by atoms with E-state index in [1.54, 1.807) is 0 Å². The third-order valence-corrected chi connectivity index (χ3v) is 6.89. The van der Waals surface area contributed by atoms with Gasteiger partial charge < -0.3 is 4.90 Å². The zero-order chi connectivity index (χ0) is 26.6. The monoisotopic (exact) mass is 497 g/mol. The third-order valence-electron chi connectivity index (χ3n) is 6.89. The van der Waals surface area contributed by atoms with Crippen molar-refractivity contribution < 1.29 is 0 Å². The van der Waals surface area contributed by atoms with Crippen molar-refractivity contribution in [1.29, 1.82) is 5.26 Å². The molecule has 0 heterocycles. The molecule has 0 radical (unpaired) electrons. The second-order valence-electron chi connectivity index (χ2n) is 9.23. The number of nitrogens with zero attached hydrogens (tertiary/aromatic N) is 3. The predicted molar refractivity (Wildman–Crippen MR) is 162 cm³/mol. The summed E-state index contributed by atoms with van der Waals surface area (Å²) in [6.45, 7) is 7.84. The Morgan fingerprint density at radius 2 is 1.08 bits per heavy atom. The van der Waals surface area contributed by atoms with Crippen LogP contribution in [0.1, 0.15) is 16.7 Å². The van der Waals surface area contributed by atoms with E-state index in [1.165, 1.54) is 0 Å². The van der Waals surface area contributed by atoms with E-state index < -0.39 is 0 Å². The summed E-state index contributed by atoms with van der Waals surface area (Å²) in [5.74, 6) is 0. The summed E-state index contributed by atoms with van der Waals surface area (Å²) in [5, 5.41) is 13.1. The average Bonchev–Trinajstić information content (AvgIpc) is 3.00. The van der Waals surface area contributed by atoms with E-state index in [4.69, 9.17) is 6.57 Å². The number of hydrogen-bond acceptors (Lipinski definition) is 2. The first-order valence-corrected chi connectivity index (χ1v) is 12.7. The minimum absolute atomic E-state index is 0.584. The van der Waals surface area contributed by atoms with Gasteiger partial charge in [-0.1, -0.05) is 103 Å². The van der Waals surface area contributed by atoms with Crippen molar-refractivity contribution in [2.75, 3.05) is 4.90 Å². The van der Waals surface area contributed by atoms with Crippen LogP contribution in [0.2, 0.25) is 0 Å². The van der Waals surface area contributed by atoms with E-state index in [9.17, 15) is 5.26 Å². The fourth-order valence-corrected chi connectivity index (χ4v) is 5.05. The summed E-state index contributed by atoms with van der Waals surface area (Å²) in [7, 11) is 0. The fraction of sp³-hybridized carbons (Fsp3) is 0. The van der Waals surface area contributed by atoms with Gasteiger partial charge in [0.25, 0.3) is 0 Å². The van der Waals surface area contributed by atoms with E-state index in [2.05, 4.69) is 76.5 Å². The Hall–Kier alpha value is -5.64. The molecule has 0 amide bonds. The molecule has 0 bridgehead atoms. The number of anilines is 3. The SMILES string of the molecule is [C-]#[N+]c1c2ccccc2c(C#N)c2ccc(C=Cc3ccc(N(c4ccccc4)c4ccccc4)cc3)cc12. The van der Waals surface area contributed by atoms with Gasteiger partial charge >= 0.3 is 0 Å². The lowest BCUT2D eigenvalue weighted by atomic mass is 9.94. The molecule has 3 heteroatoms. The lowest BCUT2D eigenvalue weighted by Gasteiger charge is -2.25. The molecule has 6 aromatic carbocycles. The van der Waals surface area contributed by atoms with Crippen LogP contribution in [0.4, 0.5) is 22.7 Å². The molecule has 0 aliphatic heterocycles. The van der Waals surface area contributed by atoms with Gasteiger partial charge in [0.2, 0.25) is 5.69 Å². The zero-order valence-corrected chi connectivity index (χ0v) is 21.1. The Morgan fingerprint density at radius 1 is 0.564 bits per heavy atom. The molecular weight excluding hydrogens is 474 g/mol. The first kappa shape index (κ1) is 23.7. The molecule has 0 atom stereocenters. The maximum atomic E-state index is 9.88. The Kier molecular flexibility index (Phi) is 6.32. The number of benzene rings is 6. The normalized spacial score (nSPS) is 10.9. The lowest BCUT2D eigenvalue weighted by molar-refractivity contribution is 1.28. The molecule has 6 rings (SSSR count). The van der Waals surface area contributed by atoms with E-state index in [1.807, 2.05) is 78.9 Å². The maximum absolute atomic E-state index is 9.88. The molecule has 182 valence electrons. The summed E-state index contributed by atoms with van der Waals surface area (Å²) in [6.07, 6.45) is 4.12. The van der Waals surface area contributed by atoms with Gasteiger partial charge in [-0.2, -0.15) is 5.26 Å². The second-order valence-corrected chi connectivity index (χ2v) is 9.23. The van der Waals surface area contributed by atoms with Gasteiger partial charge in [-0.05, 0) is 69.1 Å². The molecule has 0 N–H and O–H groups in total. The van der Waals surface area contributed by atoms with Crippen molar-refractivity contribution in [3.05, 3.63) is 156 Å². The summed E-state index contributed by atoms with van der Waals surface area (Å²) in [6, 6.07) is 45.1. The van der Waals surface area contributed by atoms with Gasteiger partial charge in [-0.3, -0.25) is 0 Å². The molecule has 0 saturated carbocycles. The molecule has 0 unspecified atom stereocenters. The van der Waals surface area contributed by atoms with Crippen LogP contribution in [0.25, 0.3) is 38.5 Å². The summed E-state index contributed by atoms with van der Waals surface area (Å²) < 4.78 is 0. The maximum Gasteiger partial charge on any atom is 0.202 e. The first-order valence-electron chi connectivity index (χ1n) is 12.7. The molecule has 3 nitrogen and oxygen atoms in total. The van der Waals surface area contributed by atoms with Crippen molar-refractivity contribution >= 4 is 56.4 Å².